The van der Waals surface area contributed by atoms with Crippen molar-refractivity contribution in [3.63, 3.8) is 0 Å². The van der Waals surface area contributed by atoms with Gasteiger partial charge in [0.2, 0.25) is 0 Å². The van der Waals surface area contributed by atoms with Crippen LogP contribution in [0.25, 0.3) is 5.65 Å². The van der Waals surface area contributed by atoms with E-state index in [-0.39, 0.29) is 12.2 Å². The fraction of sp³-hybridized carbons (Fsp3) is 0.643. The van der Waals surface area contributed by atoms with Gasteiger partial charge in [0.05, 0.1) is 6.54 Å². The second-order valence-corrected chi connectivity index (χ2v) is 6.01. The molecule has 0 N–H and O–H groups in total. The molecule has 0 aliphatic carbocycles. The number of nitrogens with zero attached hydrogens (tertiary/aromatic N) is 6. The van der Waals surface area contributed by atoms with E-state index in [1.165, 1.54) is 0 Å². The maximum atomic E-state index is 13.1. The first-order chi connectivity index (χ1) is 11.7. The number of fused-ring (bicyclic) bond motifs is 1. The maximum absolute atomic E-state index is 13.1. The number of aryl methyl sites for hydroxylation is 1. The number of anilines is 1. The first-order valence-corrected chi connectivity index (χ1v) is 7.73. The lowest BCUT2D eigenvalue weighted by molar-refractivity contribution is -0.146. The summed E-state index contributed by atoms with van der Waals surface area (Å²) in [7, 11) is 0. The lowest BCUT2D eigenvalue weighted by Gasteiger charge is -2.35. The molecular formula is C14H17F5N6. The van der Waals surface area contributed by atoms with Crippen LogP contribution in [0, 0.1) is 13.8 Å². The van der Waals surface area contributed by atoms with Gasteiger partial charge in [0.25, 0.3) is 12.2 Å². The molecule has 25 heavy (non-hydrogen) atoms. The Bertz CT molecular complexity index is 763. The van der Waals surface area contributed by atoms with Crippen LogP contribution in [-0.2, 0) is 6.18 Å². The van der Waals surface area contributed by atoms with Crippen molar-refractivity contribution in [2.75, 3.05) is 37.6 Å². The smallest absolute Gasteiger partial charge is 0.352 e. The van der Waals surface area contributed by atoms with Crippen molar-refractivity contribution < 1.29 is 22.0 Å². The van der Waals surface area contributed by atoms with Gasteiger partial charge < -0.3 is 4.90 Å². The highest BCUT2D eigenvalue weighted by molar-refractivity contribution is 5.59. The molecule has 0 saturated carbocycles. The average molecular weight is 364 g/mol. The largest absolute Gasteiger partial charge is 0.453 e. The molecule has 6 nitrogen and oxygen atoms in total. The van der Waals surface area contributed by atoms with Crippen molar-refractivity contribution in [1.82, 2.24) is 24.7 Å². The van der Waals surface area contributed by atoms with Crippen molar-refractivity contribution in [1.29, 1.82) is 0 Å². The molecule has 0 radical (unpaired) electrons. The summed E-state index contributed by atoms with van der Waals surface area (Å²) < 4.78 is 64.9. The van der Waals surface area contributed by atoms with Gasteiger partial charge in [-0.15, -0.1) is 15.3 Å². The molecule has 0 bridgehead atoms. The van der Waals surface area contributed by atoms with E-state index in [0.29, 0.717) is 47.6 Å². The van der Waals surface area contributed by atoms with Gasteiger partial charge in [0.15, 0.2) is 11.5 Å². The SMILES string of the molecule is Cc1c(N2CCN(CC(F)F)CC2)nn2c(C(F)(F)F)nnc2c1C. The van der Waals surface area contributed by atoms with Gasteiger partial charge in [-0.1, -0.05) is 0 Å². The molecule has 1 saturated heterocycles. The summed E-state index contributed by atoms with van der Waals surface area (Å²) >= 11 is 0. The Kier molecular flexibility index (Phi) is 4.52. The van der Waals surface area contributed by atoms with Crippen molar-refractivity contribution >= 4 is 11.5 Å². The van der Waals surface area contributed by atoms with E-state index in [4.69, 9.17) is 0 Å². The van der Waals surface area contributed by atoms with Crippen LogP contribution >= 0.6 is 0 Å². The molecule has 11 heteroatoms. The Morgan fingerprint density at radius 3 is 2.20 bits per heavy atom. The predicted octanol–water partition coefficient (Wildman–Crippen LogP) is 2.15. The number of halogens is 5. The molecule has 0 unspecified atom stereocenters. The van der Waals surface area contributed by atoms with Crippen LogP contribution in [0.2, 0.25) is 0 Å². The minimum Gasteiger partial charge on any atom is -0.352 e. The summed E-state index contributed by atoms with van der Waals surface area (Å²) in [5.41, 5.74) is 1.32. The van der Waals surface area contributed by atoms with E-state index < -0.39 is 18.4 Å². The van der Waals surface area contributed by atoms with E-state index in [0.717, 1.165) is 0 Å². The molecule has 3 heterocycles. The van der Waals surface area contributed by atoms with E-state index in [1.54, 1.807) is 18.7 Å². The van der Waals surface area contributed by atoms with Crippen LogP contribution in [0.5, 0.6) is 0 Å². The van der Waals surface area contributed by atoms with Gasteiger partial charge in [0, 0.05) is 37.3 Å². The number of rotatable bonds is 3. The molecule has 0 aromatic carbocycles. The number of aromatic nitrogens is 4. The van der Waals surface area contributed by atoms with Crippen LogP contribution in [0.3, 0.4) is 0 Å². The lowest BCUT2D eigenvalue weighted by Crippen LogP contribution is -2.48. The molecule has 1 fully saturated rings. The second kappa shape index (κ2) is 6.36. The molecule has 2 aromatic heterocycles. The topological polar surface area (TPSA) is 49.6 Å². The van der Waals surface area contributed by atoms with Gasteiger partial charge in [0.1, 0.15) is 0 Å². The normalized spacial score (nSPS) is 17.0. The Balaban J connectivity index is 1.93. The molecule has 1 aliphatic rings. The third kappa shape index (κ3) is 3.37. The molecule has 2 aromatic rings. The molecule has 138 valence electrons. The quantitative estimate of drug-likeness (QED) is 0.782. The minimum absolute atomic E-state index is 0.0601. The van der Waals surface area contributed by atoms with Crippen molar-refractivity contribution in [2.24, 2.45) is 0 Å². The average Bonchev–Trinajstić information content (AvgIpc) is 2.95. The van der Waals surface area contributed by atoms with Gasteiger partial charge in [-0.3, -0.25) is 4.90 Å². The molecular weight excluding hydrogens is 347 g/mol. The van der Waals surface area contributed by atoms with E-state index >= 15 is 0 Å². The van der Waals surface area contributed by atoms with Crippen LogP contribution < -0.4 is 4.90 Å². The van der Waals surface area contributed by atoms with Crippen molar-refractivity contribution in [2.45, 2.75) is 26.4 Å². The van der Waals surface area contributed by atoms with E-state index in [1.807, 2.05) is 4.90 Å². The van der Waals surface area contributed by atoms with Crippen molar-refractivity contribution in [3.05, 3.63) is 17.0 Å². The summed E-state index contributed by atoms with van der Waals surface area (Å²) in [4.78, 5) is 3.44. The lowest BCUT2D eigenvalue weighted by atomic mass is 10.1. The molecule has 0 spiro atoms. The standard InChI is InChI=1S/C14H17F5N6/c1-8-9(2)12(24-5-3-23(4-6-24)7-10(15)16)22-25-11(8)20-21-13(25)14(17,18)19/h10H,3-7H2,1-2H3. The number of hydrogen-bond acceptors (Lipinski definition) is 5. The molecule has 3 rings (SSSR count). The Hall–Kier alpha value is -2.04. The summed E-state index contributed by atoms with van der Waals surface area (Å²) in [6, 6.07) is 0. The van der Waals surface area contributed by atoms with Gasteiger partial charge in [-0.2, -0.15) is 17.7 Å². The van der Waals surface area contributed by atoms with E-state index in [2.05, 4.69) is 15.3 Å². The maximum Gasteiger partial charge on any atom is 0.453 e. The summed E-state index contributed by atoms with van der Waals surface area (Å²) in [5.74, 6) is -0.782. The zero-order valence-electron chi connectivity index (χ0n) is 13.7. The third-order valence-electron chi connectivity index (χ3n) is 4.39. The van der Waals surface area contributed by atoms with Crippen LogP contribution in [0.4, 0.5) is 27.8 Å². The Labute approximate surface area is 140 Å². The highest BCUT2D eigenvalue weighted by Gasteiger charge is 2.38. The summed E-state index contributed by atoms with van der Waals surface area (Å²) in [6.45, 7) is 4.74. The molecule has 1 aliphatic heterocycles. The fourth-order valence-electron chi connectivity index (χ4n) is 2.93. The van der Waals surface area contributed by atoms with Crippen LogP contribution in [0.1, 0.15) is 17.0 Å². The van der Waals surface area contributed by atoms with Gasteiger partial charge in [-0.25, -0.2) is 8.78 Å². The van der Waals surface area contributed by atoms with E-state index in [9.17, 15) is 22.0 Å². The fourth-order valence-corrected chi connectivity index (χ4v) is 2.93. The number of hydrogen-bond donors (Lipinski definition) is 0. The predicted molar refractivity (Wildman–Crippen MR) is 79.9 cm³/mol. The highest BCUT2D eigenvalue weighted by atomic mass is 19.4. The van der Waals surface area contributed by atoms with Crippen molar-refractivity contribution in [3.8, 4) is 0 Å². The molecule has 0 amide bonds. The van der Waals surface area contributed by atoms with Gasteiger partial charge in [-0.05, 0) is 13.8 Å². The monoisotopic (exact) mass is 364 g/mol. The Morgan fingerprint density at radius 2 is 1.64 bits per heavy atom. The van der Waals surface area contributed by atoms with Gasteiger partial charge >= 0.3 is 6.18 Å². The highest BCUT2D eigenvalue weighted by Crippen LogP contribution is 2.30. The number of piperazine rings is 1. The van der Waals surface area contributed by atoms with Crippen LogP contribution in [0.15, 0.2) is 0 Å². The first-order valence-electron chi connectivity index (χ1n) is 7.73. The Morgan fingerprint density at radius 1 is 1.00 bits per heavy atom. The zero-order chi connectivity index (χ0) is 18.4. The minimum atomic E-state index is -4.67. The summed E-state index contributed by atoms with van der Waals surface area (Å²) in [5, 5.41) is 10.9. The first kappa shape index (κ1) is 17.8. The summed E-state index contributed by atoms with van der Waals surface area (Å²) in [6.07, 6.45) is -7.07. The number of alkyl halides is 5. The third-order valence-corrected chi connectivity index (χ3v) is 4.39. The molecule has 0 atom stereocenters. The van der Waals surface area contributed by atoms with Crippen LogP contribution in [-0.4, -0.2) is 63.9 Å². The zero-order valence-corrected chi connectivity index (χ0v) is 13.7. The second-order valence-electron chi connectivity index (χ2n) is 6.01.